The van der Waals surface area contributed by atoms with Crippen molar-refractivity contribution in [2.75, 3.05) is 0 Å². The van der Waals surface area contributed by atoms with Crippen LogP contribution < -0.4 is 15.6 Å². The van der Waals surface area contributed by atoms with Crippen LogP contribution in [0.15, 0.2) is 46.0 Å². The van der Waals surface area contributed by atoms with E-state index in [-0.39, 0.29) is 17.6 Å². The summed E-state index contributed by atoms with van der Waals surface area (Å²) in [6, 6.07) is 10.5. The van der Waals surface area contributed by atoms with E-state index in [0.29, 0.717) is 5.56 Å². The lowest BCUT2D eigenvalue weighted by molar-refractivity contribution is 0.238. The summed E-state index contributed by atoms with van der Waals surface area (Å²) in [4.78, 5) is 25.2. The third-order valence-corrected chi connectivity index (χ3v) is 4.38. The van der Waals surface area contributed by atoms with E-state index >= 15 is 0 Å². The Morgan fingerprint density at radius 1 is 0.955 bits per heavy atom. The molecule has 3 aromatic rings. The Morgan fingerprint density at radius 2 is 1.59 bits per heavy atom. The van der Waals surface area contributed by atoms with Crippen molar-refractivity contribution in [3.8, 4) is 32.4 Å². The molecule has 0 aliphatic carbocycles. The van der Waals surface area contributed by atoms with Gasteiger partial charge in [-0.15, -0.1) is 11.3 Å². The quantitative estimate of drug-likeness (QED) is 0.751. The lowest BCUT2D eigenvalue weighted by atomic mass is 10.1. The van der Waals surface area contributed by atoms with E-state index in [1.165, 1.54) is 11.3 Å². The van der Waals surface area contributed by atoms with Gasteiger partial charge < -0.3 is 9.84 Å². The minimum Gasteiger partial charge on any atom is -0.508 e. The van der Waals surface area contributed by atoms with Gasteiger partial charge in [-0.3, -0.25) is 9.59 Å². The number of benzene rings is 1. The molecule has 3 rings (SSSR count). The molecular weight excluding hydrogens is 300 g/mol. The lowest BCUT2D eigenvalue weighted by Crippen LogP contribution is -2.35. The molecule has 112 valence electrons. The van der Waals surface area contributed by atoms with Gasteiger partial charge in [0.1, 0.15) is 5.75 Å². The highest BCUT2D eigenvalue weighted by molar-refractivity contribution is 7.18. The Balaban J connectivity index is 1.98. The summed E-state index contributed by atoms with van der Waals surface area (Å²) in [5, 5.41) is 9.32. The van der Waals surface area contributed by atoms with Gasteiger partial charge in [-0.25, -0.2) is 0 Å². The molecule has 5 heteroatoms. The third kappa shape index (κ3) is 2.44. The summed E-state index contributed by atoms with van der Waals surface area (Å²) in [5.74, 6) is 0.370. The number of rotatable bonds is 4. The van der Waals surface area contributed by atoms with Crippen molar-refractivity contribution in [1.29, 1.82) is 0 Å². The summed E-state index contributed by atoms with van der Waals surface area (Å²) < 4.78 is 5.45. The Kier molecular flexibility index (Phi) is 3.58. The number of hydrogen-bond acceptors (Lipinski definition) is 5. The normalized spacial score (nSPS) is 11.2. The van der Waals surface area contributed by atoms with Crippen molar-refractivity contribution in [2.45, 2.75) is 20.0 Å². The van der Waals surface area contributed by atoms with Gasteiger partial charge >= 0.3 is 0 Å². The van der Waals surface area contributed by atoms with Crippen LogP contribution in [0, 0.1) is 0 Å². The Labute approximate surface area is 130 Å². The van der Waals surface area contributed by atoms with Crippen LogP contribution in [0.4, 0.5) is 0 Å². The molecule has 0 aliphatic rings. The molecule has 0 bridgehead atoms. The first kappa shape index (κ1) is 14.5. The molecule has 2 aromatic carbocycles. The number of aromatic hydroxyl groups is 1. The molecular formula is C17H14O4S. The zero-order valence-electron chi connectivity index (χ0n) is 12.1. The van der Waals surface area contributed by atoms with Crippen LogP contribution in [0.1, 0.15) is 13.8 Å². The molecule has 4 nitrogen and oxygen atoms in total. The fraction of sp³-hybridized carbons (Fsp3) is 0.176. The van der Waals surface area contributed by atoms with Crippen molar-refractivity contribution in [3.63, 3.8) is 0 Å². The summed E-state index contributed by atoms with van der Waals surface area (Å²) >= 11 is 1.42. The van der Waals surface area contributed by atoms with Gasteiger partial charge in [0.05, 0.1) is 11.7 Å². The van der Waals surface area contributed by atoms with Crippen LogP contribution >= 0.6 is 11.3 Å². The first-order chi connectivity index (χ1) is 10.5. The smallest absolute Gasteiger partial charge is 0.269 e. The molecule has 0 spiro atoms. The maximum atomic E-state index is 11.8. The van der Waals surface area contributed by atoms with Crippen LogP contribution in [0.25, 0.3) is 20.9 Å². The Bertz CT molecular complexity index is 880. The van der Waals surface area contributed by atoms with Crippen LogP contribution in [-0.2, 0) is 0 Å². The third-order valence-electron chi connectivity index (χ3n) is 3.22. The minimum atomic E-state index is -0.553. The van der Waals surface area contributed by atoms with Crippen molar-refractivity contribution in [2.24, 2.45) is 0 Å². The molecule has 0 saturated carbocycles. The van der Waals surface area contributed by atoms with Gasteiger partial charge in [0, 0.05) is 9.75 Å². The molecule has 1 N–H and O–H groups in total. The molecule has 0 unspecified atom stereocenters. The summed E-state index contributed by atoms with van der Waals surface area (Å²) in [7, 11) is 0. The van der Waals surface area contributed by atoms with Crippen LogP contribution in [0.5, 0.6) is 11.5 Å². The number of thiophene rings is 1. The zero-order valence-corrected chi connectivity index (χ0v) is 12.9. The van der Waals surface area contributed by atoms with Crippen molar-refractivity contribution in [3.05, 3.63) is 56.8 Å². The maximum Gasteiger partial charge on any atom is 0.269 e. The van der Waals surface area contributed by atoms with Crippen LogP contribution in [0.2, 0.25) is 0 Å². The topological polar surface area (TPSA) is 63.6 Å². The fourth-order valence-corrected chi connectivity index (χ4v) is 3.25. The van der Waals surface area contributed by atoms with Crippen LogP contribution in [0.3, 0.4) is 0 Å². The standard InChI is InChI=1S/C17H14O4S/c1-9(2)21-17-14(15(19)16(17)20)13-8-7-12(22-13)10-3-5-11(18)6-4-10/h3-9,18H,1-2H3. The highest BCUT2D eigenvalue weighted by atomic mass is 32.1. The van der Waals surface area contributed by atoms with Crippen molar-refractivity contribution >= 4 is 11.3 Å². The van der Waals surface area contributed by atoms with E-state index in [4.69, 9.17) is 4.74 Å². The second kappa shape index (κ2) is 5.42. The molecule has 0 atom stereocenters. The van der Waals surface area contributed by atoms with Gasteiger partial charge in [0.25, 0.3) is 5.43 Å². The predicted molar refractivity (Wildman–Crippen MR) is 87.5 cm³/mol. The first-order valence-electron chi connectivity index (χ1n) is 6.87. The van der Waals surface area contributed by atoms with Crippen LogP contribution in [-0.4, -0.2) is 11.2 Å². The summed E-state index contributed by atoms with van der Waals surface area (Å²) in [5.41, 5.74) is 0.269. The summed E-state index contributed by atoms with van der Waals surface area (Å²) in [6.07, 6.45) is -0.154. The highest BCUT2D eigenvalue weighted by Crippen LogP contribution is 2.37. The highest BCUT2D eigenvalue weighted by Gasteiger charge is 2.25. The van der Waals surface area contributed by atoms with E-state index in [0.717, 1.165) is 15.3 Å². The minimum absolute atomic E-state index is 0.154. The monoisotopic (exact) mass is 314 g/mol. The van der Waals surface area contributed by atoms with Gasteiger partial charge in [-0.1, -0.05) is 0 Å². The average molecular weight is 314 g/mol. The number of ether oxygens (including phenoxy) is 1. The molecule has 0 fully saturated rings. The van der Waals surface area contributed by atoms with Gasteiger partial charge in [0.15, 0.2) is 5.75 Å². The maximum absolute atomic E-state index is 11.8. The van der Waals surface area contributed by atoms with E-state index in [9.17, 15) is 14.7 Å². The van der Waals surface area contributed by atoms with E-state index in [1.807, 2.05) is 26.0 Å². The fourth-order valence-electron chi connectivity index (χ4n) is 2.20. The number of phenols is 1. The zero-order chi connectivity index (χ0) is 15.9. The Morgan fingerprint density at radius 3 is 2.23 bits per heavy atom. The molecule has 22 heavy (non-hydrogen) atoms. The van der Waals surface area contributed by atoms with E-state index in [2.05, 4.69) is 0 Å². The van der Waals surface area contributed by atoms with Crippen molar-refractivity contribution < 1.29 is 9.84 Å². The SMILES string of the molecule is CC(C)Oc1c(-c2ccc(-c3ccc(O)cc3)s2)c(=O)c1=O. The number of hydrogen-bond donors (Lipinski definition) is 1. The molecule has 0 radical (unpaired) electrons. The molecule has 0 amide bonds. The first-order valence-corrected chi connectivity index (χ1v) is 7.68. The van der Waals surface area contributed by atoms with E-state index in [1.54, 1.807) is 24.3 Å². The Hall–Kier alpha value is -2.40. The van der Waals surface area contributed by atoms with Gasteiger partial charge in [-0.2, -0.15) is 0 Å². The largest absolute Gasteiger partial charge is 0.508 e. The molecule has 0 aliphatic heterocycles. The van der Waals surface area contributed by atoms with E-state index < -0.39 is 10.9 Å². The van der Waals surface area contributed by atoms with Crippen molar-refractivity contribution in [1.82, 2.24) is 0 Å². The molecule has 1 heterocycles. The van der Waals surface area contributed by atoms with Gasteiger partial charge in [0.2, 0.25) is 5.43 Å². The average Bonchev–Trinajstić information content (AvgIpc) is 2.96. The second-order valence-electron chi connectivity index (χ2n) is 5.24. The molecule has 1 aromatic heterocycles. The summed E-state index contributed by atoms with van der Waals surface area (Å²) in [6.45, 7) is 3.63. The number of phenolic OH excluding ortho intramolecular Hbond substituents is 1. The molecule has 0 saturated heterocycles. The second-order valence-corrected chi connectivity index (χ2v) is 6.32. The lowest BCUT2D eigenvalue weighted by Gasteiger charge is -2.13. The predicted octanol–water partition coefficient (Wildman–Crippen LogP) is 3.17. The van der Waals surface area contributed by atoms with Gasteiger partial charge in [-0.05, 0) is 55.8 Å².